The molecule has 0 aromatic heterocycles. The van der Waals surface area contributed by atoms with Crippen molar-refractivity contribution in [3.8, 4) is 0 Å². The second kappa shape index (κ2) is 6.90. The number of hydrogen-bond acceptors (Lipinski definition) is 1. The fraction of sp³-hybridized carbons (Fsp3) is 0.125. The molecule has 1 nitrogen and oxygen atoms in total. The zero-order valence-electron chi connectivity index (χ0n) is 14.1. The number of carbonyl (C=O) groups is 1. The Morgan fingerprint density at radius 3 is 1.76 bits per heavy atom. The molecule has 0 saturated heterocycles. The van der Waals surface area contributed by atoms with Crippen LogP contribution < -0.4 is 0 Å². The molecule has 0 fully saturated rings. The molecule has 25 heavy (non-hydrogen) atoms. The Morgan fingerprint density at radius 1 is 0.640 bits per heavy atom. The molecule has 0 aliphatic heterocycles. The summed E-state index contributed by atoms with van der Waals surface area (Å²) in [7, 11) is 0. The highest BCUT2D eigenvalue weighted by Crippen LogP contribution is 2.45. The van der Waals surface area contributed by atoms with Gasteiger partial charge in [-0.1, -0.05) is 91.0 Å². The van der Waals surface area contributed by atoms with Crippen molar-refractivity contribution in [1.82, 2.24) is 0 Å². The first-order valence-corrected chi connectivity index (χ1v) is 8.78. The van der Waals surface area contributed by atoms with Crippen molar-refractivity contribution in [2.24, 2.45) is 0 Å². The van der Waals surface area contributed by atoms with E-state index in [1.165, 1.54) is 5.56 Å². The number of Topliss-reactive ketones (excluding diaryl/α,β-unsaturated/α-hetero) is 1. The van der Waals surface area contributed by atoms with E-state index in [1.54, 1.807) is 0 Å². The van der Waals surface area contributed by atoms with E-state index in [0.717, 1.165) is 28.7 Å². The van der Waals surface area contributed by atoms with E-state index < -0.39 is 0 Å². The maximum Gasteiger partial charge on any atom is 0.163 e. The van der Waals surface area contributed by atoms with Crippen LogP contribution in [0.15, 0.2) is 91.0 Å². The Bertz CT molecular complexity index is 893. The molecule has 1 aliphatic carbocycles. The molecule has 4 rings (SSSR count). The Morgan fingerprint density at radius 2 is 1.16 bits per heavy atom. The van der Waals surface area contributed by atoms with Crippen molar-refractivity contribution < 1.29 is 4.79 Å². The monoisotopic (exact) mass is 324 g/mol. The smallest absolute Gasteiger partial charge is 0.163 e. The van der Waals surface area contributed by atoms with Gasteiger partial charge in [0.2, 0.25) is 0 Å². The quantitative estimate of drug-likeness (QED) is 0.600. The van der Waals surface area contributed by atoms with Crippen LogP contribution in [-0.4, -0.2) is 5.78 Å². The lowest BCUT2D eigenvalue weighted by atomic mass is 9.73. The van der Waals surface area contributed by atoms with Gasteiger partial charge in [0, 0.05) is 17.9 Å². The highest BCUT2D eigenvalue weighted by molar-refractivity contribution is 6.29. The second-order valence-corrected chi connectivity index (χ2v) is 6.45. The standard InChI is InChI=1S/C24H20O/c25-22-17-16-21(18-10-4-1-5-11-18)23(19-12-6-2-7-13-19)24(22)20-14-8-3-9-15-20/h1-15,21H,16-17H2. The minimum atomic E-state index is 0.247. The summed E-state index contributed by atoms with van der Waals surface area (Å²) in [4.78, 5) is 12.9. The third kappa shape index (κ3) is 3.06. The van der Waals surface area contributed by atoms with Crippen LogP contribution in [0.4, 0.5) is 0 Å². The van der Waals surface area contributed by atoms with E-state index in [0.29, 0.717) is 6.42 Å². The van der Waals surface area contributed by atoms with Crippen LogP contribution in [0.5, 0.6) is 0 Å². The highest BCUT2D eigenvalue weighted by Gasteiger charge is 2.30. The second-order valence-electron chi connectivity index (χ2n) is 6.45. The first-order chi connectivity index (χ1) is 12.3. The zero-order chi connectivity index (χ0) is 17.1. The van der Waals surface area contributed by atoms with E-state index in [9.17, 15) is 4.79 Å². The van der Waals surface area contributed by atoms with Crippen LogP contribution in [0, 0.1) is 0 Å². The van der Waals surface area contributed by atoms with E-state index in [1.807, 2.05) is 54.6 Å². The fourth-order valence-electron chi connectivity index (χ4n) is 3.77. The Labute approximate surface area is 148 Å². The maximum absolute atomic E-state index is 12.9. The summed E-state index contributed by atoms with van der Waals surface area (Å²) in [5.41, 5.74) is 5.48. The van der Waals surface area contributed by atoms with Crippen LogP contribution in [0.25, 0.3) is 11.1 Å². The van der Waals surface area contributed by atoms with Crippen molar-refractivity contribution in [2.45, 2.75) is 18.8 Å². The van der Waals surface area contributed by atoms with Gasteiger partial charge in [-0.25, -0.2) is 0 Å². The summed E-state index contributed by atoms with van der Waals surface area (Å²) in [5, 5.41) is 0. The molecule has 1 aliphatic rings. The van der Waals surface area contributed by atoms with E-state index in [2.05, 4.69) is 36.4 Å². The highest BCUT2D eigenvalue weighted by atomic mass is 16.1. The van der Waals surface area contributed by atoms with Crippen molar-refractivity contribution in [2.75, 3.05) is 0 Å². The maximum atomic E-state index is 12.9. The normalized spacial score (nSPS) is 17.6. The number of hydrogen-bond donors (Lipinski definition) is 0. The molecule has 0 spiro atoms. The SMILES string of the molecule is O=C1CCC(c2ccccc2)C(c2ccccc2)=C1c1ccccc1. The predicted molar refractivity (Wildman–Crippen MR) is 103 cm³/mol. The van der Waals surface area contributed by atoms with Gasteiger partial charge in [-0.3, -0.25) is 4.79 Å². The molecule has 0 bridgehead atoms. The Kier molecular flexibility index (Phi) is 4.30. The average molecular weight is 324 g/mol. The molecular weight excluding hydrogens is 304 g/mol. The van der Waals surface area contributed by atoms with Crippen molar-refractivity contribution >= 4 is 16.9 Å². The van der Waals surface area contributed by atoms with Crippen molar-refractivity contribution in [1.29, 1.82) is 0 Å². The third-order valence-electron chi connectivity index (χ3n) is 4.91. The Hall–Kier alpha value is -2.93. The summed E-state index contributed by atoms with van der Waals surface area (Å²) in [6.07, 6.45) is 1.46. The van der Waals surface area contributed by atoms with E-state index >= 15 is 0 Å². The van der Waals surface area contributed by atoms with Gasteiger partial charge in [-0.15, -0.1) is 0 Å². The van der Waals surface area contributed by atoms with Crippen LogP contribution in [-0.2, 0) is 4.79 Å². The van der Waals surface area contributed by atoms with Gasteiger partial charge in [0.05, 0.1) is 0 Å². The fourth-order valence-corrected chi connectivity index (χ4v) is 3.77. The van der Waals surface area contributed by atoms with Crippen molar-refractivity contribution in [3.63, 3.8) is 0 Å². The number of carbonyl (C=O) groups excluding carboxylic acids is 1. The predicted octanol–water partition coefficient (Wildman–Crippen LogP) is 5.74. The molecule has 0 N–H and O–H groups in total. The van der Waals surface area contributed by atoms with Gasteiger partial charge in [0.25, 0.3) is 0 Å². The van der Waals surface area contributed by atoms with Gasteiger partial charge < -0.3 is 0 Å². The molecule has 0 amide bonds. The number of ketones is 1. The molecule has 0 saturated carbocycles. The van der Waals surface area contributed by atoms with Crippen LogP contribution in [0.2, 0.25) is 0 Å². The molecule has 122 valence electrons. The van der Waals surface area contributed by atoms with Crippen LogP contribution in [0.3, 0.4) is 0 Å². The lowest BCUT2D eigenvalue weighted by Crippen LogP contribution is -2.17. The van der Waals surface area contributed by atoms with Crippen LogP contribution >= 0.6 is 0 Å². The largest absolute Gasteiger partial charge is 0.294 e. The van der Waals surface area contributed by atoms with Crippen molar-refractivity contribution in [3.05, 3.63) is 108 Å². The summed E-state index contributed by atoms with van der Waals surface area (Å²) in [6.45, 7) is 0. The summed E-state index contributed by atoms with van der Waals surface area (Å²) in [6, 6.07) is 31.0. The molecule has 1 atom stereocenters. The lowest BCUT2D eigenvalue weighted by Gasteiger charge is -2.29. The molecule has 0 heterocycles. The molecule has 1 unspecified atom stereocenters. The molecule has 1 heteroatoms. The van der Waals surface area contributed by atoms with E-state index in [-0.39, 0.29) is 11.7 Å². The van der Waals surface area contributed by atoms with Gasteiger partial charge >= 0.3 is 0 Å². The van der Waals surface area contributed by atoms with E-state index in [4.69, 9.17) is 0 Å². The minimum absolute atomic E-state index is 0.247. The van der Waals surface area contributed by atoms with Gasteiger partial charge in [0.15, 0.2) is 5.78 Å². The number of rotatable bonds is 3. The average Bonchev–Trinajstić information content (AvgIpc) is 2.70. The summed E-state index contributed by atoms with van der Waals surface area (Å²) >= 11 is 0. The topological polar surface area (TPSA) is 17.1 Å². The Balaban J connectivity index is 1.98. The first kappa shape index (κ1) is 15.6. The lowest BCUT2D eigenvalue weighted by molar-refractivity contribution is -0.114. The molecule has 3 aromatic rings. The van der Waals surface area contributed by atoms with Gasteiger partial charge in [0.1, 0.15) is 0 Å². The summed E-state index contributed by atoms with van der Waals surface area (Å²) in [5.74, 6) is 0.494. The molecular formula is C24H20O. The van der Waals surface area contributed by atoms with Gasteiger partial charge in [-0.2, -0.15) is 0 Å². The van der Waals surface area contributed by atoms with Gasteiger partial charge in [-0.05, 0) is 28.7 Å². The number of benzene rings is 3. The third-order valence-corrected chi connectivity index (χ3v) is 4.91. The zero-order valence-corrected chi connectivity index (χ0v) is 14.1. The summed E-state index contributed by atoms with van der Waals surface area (Å²) < 4.78 is 0. The first-order valence-electron chi connectivity index (χ1n) is 8.78. The minimum Gasteiger partial charge on any atom is -0.294 e. The molecule has 0 radical (unpaired) electrons. The molecule has 3 aromatic carbocycles. The number of allylic oxidation sites excluding steroid dienone is 2. The van der Waals surface area contributed by atoms with Crippen LogP contribution in [0.1, 0.15) is 35.4 Å².